The zero-order valence-corrected chi connectivity index (χ0v) is 9.02. The zero-order valence-electron chi connectivity index (χ0n) is 9.02. The smallest absolute Gasteiger partial charge is 0.120 e. The summed E-state index contributed by atoms with van der Waals surface area (Å²) in [5.74, 6) is 0.866. The van der Waals surface area contributed by atoms with Crippen molar-refractivity contribution in [3.05, 3.63) is 67.3 Å². The summed E-state index contributed by atoms with van der Waals surface area (Å²) in [6, 6.07) is 18.9. The fourth-order valence-electron chi connectivity index (χ4n) is 1.50. The summed E-state index contributed by atoms with van der Waals surface area (Å²) in [6.45, 7) is 4.16. The van der Waals surface area contributed by atoms with E-state index in [1.165, 1.54) is 5.56 Å². The van der Waals surface area contributed by atoms with Gasteiger partial charge in [0.2, 0.25) is 0 Å². The fraction of sp³-hybridized carbons (Fsp3) is 0.0667. The van der Waals surface area contributed by atoms with Gasteiger partial charge in [-0.2, -0.15) is 0 Å². The molecule has 0 saturated carbocycles. The minimum atomic E-state index is 0.534. The molecule has 0 aliphatic heterocycles. The first-order valence-electron chi connectivity index (χ1n) is 5.20. The summed E-state index contributed by atoms with van der Waals surface area (Å²) >= 11 is 0. The van der Waals surface area contributed by atoms with Gasteiger partial charge in [0, 0.05) is 0 Å². The van der Waals surface area contributed by atoms with E-state index in [4.69, 9.17) is 4.74 Å². The van der Waals surface area contributed by atoms with Gasteiger partial charge in [0.25, 0.3) is 0 Å². The maximum Gasteiger partial charge on any atom is 0.120 e. The highest BCUT2D eigenvalue weighted by atomic mass is 16.5. The molecule has 0 heterocycles. The van der Waals surface area contributed by atoms with Crippen LogP contribution < -0.4 is 4.74 Å². The van der Waals surface area contributed by atoms with E-state index in [1.54, 1.807) is 6.08 Å². The molecular weight excluding hydrogens is 196 g/mol. The fourth-order valence-corrected chi connectivity index (χ4v) is 1.50. The summed E-state index contributed by atoms with van der Waals surface area (Å²) in [6.07, 6.45) is 1.74. The van der Waals surface area contributed by atoms with Crippen LogP contribution in [-0.2, 0) is 0 Å². The van der Waals surface area contributed by atoms with Crippen molar-refractivity contribution in [1.29, 1.82) is 0 Å². The van der Waals surface area contributed by atoms with Crippen molar-refractivity contribution in [2.24, 2.45) is 0 Å². The SMILES string of the molecule is C=CCOc1cccc(-c2cc[c]cc2)c1. The Kier molecular flexibility index (Phi) is 3.39. The van der Waals surface area contributed by atoms with Crippen LogP contribution in [-0.4, -0.2) is 6.61 Å². The van der Waals surface area contributed by atoms with Crippen molar-refractivity contribution in [1.82, 2.24) is 0 Å². The van der Waals surface area contributed by atoms with Gasteiger partial charge in [-0.1, -0.05) is 49.1 Å². The second-order valence-electron chi connectivity index (χ2n) is 3.42. The molecule has 0 N–H and O–H groups in total. The average Bonchev–Trinajstić information content (AvgIpc) is 2.38. The van der Waals surface area contributed by atoms with Crippen molar-refractivity contribution in [3.8, 4) is 16.9 Å². The molecule has 0 fully saturated rings. The first-order chi connectivity index (χ1) is 7.90. The van der Waals surface area contributed by atoms with Gasteiger partial charge in [0.05, 0.1) is 0 Å². The van der Waals surface area contributed by atoms with E-state index in [0.717, 1.165) is 11.3 Å². The lowest BCUT2D eigenvalue weighted by Crippen LogP contribution is -1.92. The molecule has 0 unspecified atom stereocenters. The molecule has 0 atom stereocenters. The molecule has 0 aliphatic rings. The summed E-state index contributed by atoms with van der Waals surface area (Å²) in [5, 5.41) is 0. The Hall–Kier alpha value is -2.02. The Bertz CT molecular complexity index is 460. The predicted molar refractivity (Wildman–Crippen MR) is 66.4 cm³/mol. The largest absolute Gasteiger partial charge is 0.490 e. The lowest BCUT2D eigenvalue weighted by Gasteiger charge is -2.06. The Balaban J connectivity index is 2.25. The van der Waals surface area contributed by atoms with Gasteiger partial charge < -0.3 is 4.74 Å². The molecule has 2 aromatic rings. The molecule has 0 saturated heterocycles. The van der Waals surface area contributed by atoms with Crippen LogP contribution in [0.4, 0.5) is 0 Å². The number of ether oxygens (including phenoxy) is 1. The normalized spacial score (nSPS) is 9.75. The number of rotatable bonds is 4. The summed E-state index contributed by atoms with van der Waals surface area (Å²) in [5.41, 5.74) is 2.32. The van der Waals surface area contributed by atoms with E-state index in [2.05, 4.69) is 18.7 Å². The highest BCUT2D eigenvalue weighted by Gasteiger charge is 1.98. The molecule has 0 bridgehead atoms. The van der Waals surface area contributed by atoms with Crippen molar-refractivity contribution in [2.75, 3.05) is 6.61 Å². The third kappa shape index (κ3) is 2.51. The first-order valence-corrected chi connectivity index (χ1v) is 5.20. The lowest BCUT2D eigenvalue weighted by molar-refractivity contribution is 0.363. The number of benzene rings is 2. The van der Waals surface area contributed by atoms with Gasteiger partial charge in [0.15, 0.2) is 0 Å². The standard InChI is InChI=1S/C15H13O/c1-2-11-16-15-10-6-9-14(12-15)13-7-4-3-5-8-13/h2,4-10,12H,1,11H2. The number of hydrogen-bond acceptors (Lipinski definition) is 1. The van der Waals surface area contributed by atoms with E-state index in [9.17, 15) is 0 Å². The highest BCUT2D eigenvalue weighted by Crippen LogP contribution is 2.23. The zero-order chi connectivity index (χ0) is 11.2. The van der Waals surface area contributed by atoms with Crippen molar-refractivity contribution >= 4 is 0 Å². The van der Waals surface area contributed by atoms with Gasteiger partial charge in [0.1, 0.15) is 12.4 Å². The van der Waals surface area contributed by atoms with Crippen LogP contribution in [0.2, 0.25) is 0 Å². The minimum absolute atomic E-state index is 0.534. The molecule has 1 nitrogen and oxygen atoms in total. The quantitative estimate of drug-likeness (QED) is 0.697. The molecule has 1 heteroatoms. The minimum Gasteiger partial charge on any atom is -0.490 e. The van der Waals surface area contributed by atoms with Crippen molar-refractivity contribution < 1.29 is 4.74 Å². The Morgan fingerprint density at radius 3 is 2.69 bits per heavy atom. The number of hydrogen-bond donors (Lipinski definition) is 0. The van der Waals surface area contributed by atoms with Crippen LogP contribution in [0.5, 0.6) is 5.75 Å². The van der Waals surface area contributed by atoms with E-state index >= 15 is 0 Å². The van der Waals surface area contributed by atoms with Crippen molar-refractivity contribution in [2.45, 2.75) is 0 Å². The molecular formula is C15H13O. The maximum absolute atomic E-state index is 5.49. The molecule has 0 spiro atoms. The average molecular weight is 209 g/mol. The van der Waals surface area contributed by atoms with Gasteiger partial charge in [-0.15, -0.1) is 0 Å². The van der Waals surface area contributed by atoms with Gasteiger partial charge >= 0.3 is 0 Å². The van der Waals surface area contributed by atoms with Crippen LogP contribution >= 0.6 is 0 Å². The summed E-state index contributed by atoms with van der Waals surface area (Å²) < 4.78 is 5.49. The van der Waals surface area contributed by atoms with Crippen molar-refractivity contribution in [3.63, 3.8) is 0 Å². The molecule has 0 amide bonds. The van der Waals surface area contributed by atoms with Gasteiger partial charge in [-0.05, 0) is 29.3 Å². The topological polar surface area (TPSA) is 9.23 Å². The van der Waals surface area contributed by atoms with E-state index in [1.807, 2.05) is 42.5 Å². The van der Waals surface area contributed by atoms with Gasteiger partial charge in [-0.25, -0.2) is 0 Å². The van der Waals surface area contributed by atoms with Crippen LogP contribution in [0.15, 0.2) is 61.2 Å². The molecule has 2 rings (SSSR count). The van der Waals surface area contributed by atoms with E-state index in [0.29, 0.717) is 6.61 Å². The first kappa shape index (κ1) is 10.5. The van der Waals surface area contributed by atoms with Crippen LogP contribution in [0.3, 0.4) is 0 Å². The van der Waals surface area contributed by atoms with Crippen LogP contribution in [0, 0.1) is 6.07 Å². The van der Waals surface area contributed by atoms with E-state index < -0.39 is 0 Å². The molecule has 1 radical (unpaired) electrons. The van der Waals surface area contributed by atoms with Gasteiger partial charge in [-0.3, -0.25) is 0 Å². The monoisotopic (exact) mass is 209 g/mol. The van der Waals surface area contributed by atoms with Crippen LogP contribution in [0.1, 0.15) is 0 Å². The summed E-state index contributed by atoms with van der Waals surface area (Å²) in [4.78, 5) is 0. The highest BCUT2D eigenvalue weighted by molar-refractivity contribution is 5.64. The Labute approximate surface area is 96.0 Å². The Morgan fingerprint density at radius 2 is 1.94 bits per heavy atom. The molecule has 0 aliphatic carbocycles. The van der Waals surface area contributed by atoms with Crippen LogP contribution in [0.25, 0.3) is 11.1 Å². The Morgan fingerprint density at radius 1 is 1.12 bits per heavy atom. The third-order valence-corrected chi connectivity index (χ3v) is 2.25. The van der Waals surface area contributed by atoms with E-state index in [-0.39, 0.29) is 0 Å². The molecule has 79 valence electrons. The predicted octanol–water partition coefficient (Wildman–Crippen LogP) is 3.72. The molecule has 16 heavy (non-hydrogen) atoms. The molecule has 0 aromatic heterocycles. The second-order valence-corrected chi connectivity index (χ2v) is 3.42. The maximum atomic E-state index is 5.49. The third-order valence-electron chi connectivity index (χ3n) is 2.25. The molecule has 2 aromatic carbocycles. The summed E-state index contributed by atoms with van der Waals surface area (Å²) in [7, 11) is 0. The second kappa shape index (κ2) is 5.17. The lowest BCUT2D eigenvalue weighted by atomic mass is 10.1.